The van der Waals surface area contributed by atoms with Crippen LogP contribution in [-0.4, -0.2) is 27.3 Å². The Kier molecular flexibility index (Phi) is 4.07. The number of alkyl halides is 2. The van der Waals surface area contributed by atoms with E-state index in [2.05, 4.69) is 10.1 Å². The normalized spacial score (nSPS) is 10.8. The van der Waals surface area contributed by atoms with E-state index < -0.39 is 12.4 Å². The number of hydrogen-bond donors (Lipinski definition) is 0. The fraction of sp³-hybridized carbons (Fsp3) is 0.308. The zero-order valence-corrected chi connectivity index (χ0v) is 11.0. The molecule has 0 atom stereocenters. The fourth-order valence-corrected chi connectivity index (χ4v) is 1.70. The Hall–Kier alpha value is -2.31. The average molecular weight is 281 g/mol. The topological polar surface area (TPSA) is 57.0 Å². The highest BCUT2D eigenvalue weighted by molar-refractivity contribution is 5.90. The summed E-state index contributed by atoms with van der Waals surface area (Å²) in [6.07, 6.45) is -0.105. The first kappa shape index (κ1) is 14.1. The lowest BCUT2D eigenvalue weighted by Crippen LogP contribution is -2.07. The summed E-state index contributed by atoms with van der Waals surface area (Å²) in [5.74, 6) is -0.108. The summed E-state index contributed by atoms with van der Waals surface area (Å²) in [5, 5.41) is 4.03. The van der Waals surface area contributed by atoms with Crippen LogP contribution in [0.15, 0.2) is 24.5 Å². The molecule has 20 heavy (non-hydrogen) atoms. The molecule has 0 bridgehead atoms. The molecule has 0 aliphatic heterocycles. The number of pyridine rings is 1. The van der Waals surface area contributed by atoms with Crippen LogP contribution in [0.5, 0.6) is 0 Å². The molecule has 2 heterocycles. The summed E-state index contributed by atoms with van der Waals surface area (Å²) < 4.78 is 31.2. The molecule has 0 N–H and O–H groups in total. The lowest BCUT2D eigenvalue weighted by molar-refractivity contribution is 0.0525. The largest absolute Gasteiger partial charge is 0.462 e. The zero-order chi connectivity index (χ0) is 14.7. The van der Waals surface area contributed by atoms with Crippen LogP contribution in [0.2, 0.25) is 0 Å². The van der Waals surface area contributed by atoms with E-state index in [1.165, 1.54) is 23.0 Å². The minimum Gasteiger partial charge on any atom is -0.462 e. The minimum absolute atomic E-state index is 0.163. The Balaban J connectivity index is 2.32. The summed E-state index contributed by atoms with van der Waals surface area (Å²) in [6.45, 7) is 3.66. The molecule has 0 unspecified atom stereocenters. The lowest BCUT2D eigenvalue weighted by Gasteiger charge is -2.05. The van der Waals surface area contributed by atoms with Gasteiger partial charge in [-0.05, 0) is 26.0 Å². The Labute approximate surface area is 114 Å². The van der Waals surface area contributed by atoms with Crippen molar-refractivity contribution < 1.29 is 18.3 Å². The predicted octanol–water partition coefficient (Wildman–Crippen LogP) is 2.69. The molecule has 106 valence electrons. The molecular weight excluding hydrogens is 268 g/mol. The quantitative estimate of drug-likeness (QED) is 0.808. The van der Waals surface area contributed by atoms with Crippen molar-refractivity contribution in [2.45, 2.75) is 20.3 Å². The number of carbonyl (C=O) groups excluding carboxylic acids is 1. The first-order valence-corrected chi connectivity index (χ1v) is 6.00. The van der Waals surface area contributed by atoms with Gasteiger partial charge in [0, 0.05) is 11.8 Å². The molecule has 0 spiro atoms. The van der Waals surface area contributed by atoms with Crippen molar-refractivity contribution in [1.29, 1.82) is 0 Å². The van der Waals surface area contributed by atoms with E-state index in [9.17, 15) is 13.6 Å². The maximum absolute atomic E-state index is 12.5. The standard InChI is InChI=1S/C13H13F2N3O2/c1-3-20-13(19)10-7-17-18(8(10)2)11-5-4-9(6-16-11)12(14)15/h4-7,12H,3H2,1-2H3. The van der Waals surface area contributed by atoms with Gasteiger partial charge in [0.25, 0.3) is 6.43 Å². The average Bonchev–Trinajstić information content (AvgIpc) is 2.81. The molecule has 0 saturated carbocycles. The number of esters is 1. The molecule has 0 aliphatic carbocycles. The molecule has 0 amide bonds. The Morgan fingerprint density at radius 3 is 2.70 bits per heavy atom. The molecule has 0 aromatic carbocycles. The van der Waals surface area contributed by atoms with Crippen LogP contribution in [-0.2, 0) is 4.74 Å². The van der Waals surface area contributed by atoms with Gasteiger partial charge >= 0.3 is 5.97 Å². The molecule has 5 nitrogen and oxygen atoms in total. The Morgan fingerprint density at radius 2 is 2.15 bits per heavy atom. The van der Waals surface area contributed by atoms with Gasteiger partial charge in [0.05, 0.1) is 18.5 Å². The second-order valence-corrected chi connectivity index (χ2v) is 4.03. The van der Waals surface area contributed by atoms with Crippen molar-refractivity contribution in [2.24, 2.45) is 0 Å². The van der Waals surface area contributed by atoms with Crippen molar-refractivity contribution in [3.8, 4) is 5.82 Å². The van der Waals surface area contributed by atoms with E-state index in [-0.39, 0.29) is 12.2 Å². The van der Waals surface area contributed by atoms with Gasteiger partial charge in [0.2, 0.25) is 0 Å². The number of rotatable bonds is 4. The molecule has 0 radical (unpaired) electrons. The van der Waals surface area contributed by atoms with Gasteiger partial charge in [0.15, 0.2) is 5.82 Å². The smallest absolute Gasteiger partial charge is 0.341 e. The van der Waals surface area contributed by atoms with Gasteiger partial charge in [0.1, 0.15) is 5.56 Å². The second kappa shape index (κ2) is 5.77. The number of aromatic nitrogens is 3. The second-order valence-electron chi connectivity index (χ2n) is 4.03. The highest BCUT2D eigenvalue weighted by Gasteiger charge is 2.17. The summed E-state index contributed by atoms with van der Waals surface area (Å²) in [5.41, 5.74) is 0.705. The highest BCUT2D eigenvalue weighted by atomic mass is 19.3. The van der Waals surface area contributed by atoms with E-state index in [1.807, 2.05) is 0 Å². The van der Waals surface area contributed by atoms with Crippen molar-refractivity contribution in [1.82, 2.24) is 14.8 Å². The van der Waals surface area contributed by atoms with Crippen LogP contribution in [0.1, 0.15) is 35.0 Å². The number of nitrogens with zero attached hydrogens (tertiary/aromatic N) is 3. The maximum Gasteiger partial charge on any atom is 0.341 e. The van der Waals surface area contributed by atoms with Gasteiger partial charge in [-0.1, -0.05) is 0 Å². The summed E-state index contributed by atoms with van der Waals surface area (Å²) in [7, 11) is 0. The predicted molar refractivity (Wildman–Crippen MR) is 67.0 cm³/mol. The third kappa shape index (κ3) is 2.66. The summed E-state index contributed by atoms with van der Waals surface area (Å²) in [6, 6.07) is 2.70. The first-order chi connectivity index (χ1) is 9.54. The van der Waals surface area contributed by atoms with Crippen LogP contribution in [0, 0.1) is 6.92 Å². The molecule has 0 fully saturated rings. The molecule has 2 aromatic rings. The van der Waals surface area contributed by atoms with E-state index in [0.29, 0.717) is 17.1 Å². The number of ether oxygens (including phenoxy) is 1. The van der Waals surface area contributed by atoms with Gasteiger partial charge in [-0.3, -0.25) is 0 Å². The summed E-state index contributed by atoms with van der Waals surface area (Å²) in [4.78, 5) is 15.6. The molecular formula is C13H13F2N3O2. The Morgan fingerprint density at radius 1 is 1.40 bits per heavy atom. The van der Waals surface area contributed by atoms with Gasteiger partial charge < -0.3 is 4.74 Å². The van der Waals surface area contributed by atoms with E-state index in [1.54, 1.807) is 13.8 Å². The van der Waals surface area contributed by atoms with Gasteiger partial charge in [-0.25, -0.2) is 23.2 Å². The van der Waals surface area contributed by atoms with Gasteiger partial charge in [-0.15, -0.1) is 0 Å². The van der Waals surface area contributed by atoms with Crippen molar-refractivity contribution >= 4 is 5.97 Å². The number of halogens is 2. The van der Waals surface area contributed by atoms with E-state index in [4.69, 9.17) is 4.74 Å². The van der Waals surface area contributed by atoms with Crippen LogP contribution in [0.3, 0.4) is 0 Å². The van der Waals surface area contributed by atoms with Crippen LogP contribution < -0.4 is 0 Å². The molecule has 0 saturated heterocycles. The van der Waals surface area contributed by atoms with E-state index in [0.717, 1.165) is 6.20 Å². The molecule has 2 rings (SSSR count). The maximum atomic E-state index is 12.5. The Bertz CT molecular complexity index is 609. The molecule has 0 aliphatic rings. The van der Waals surface area contributed by atoms with Crippen molar-refractivity contribution in [2.75, 3.05) is 6.61 Å². The third-order valence-corrected chi connectivity index (χ3v) is 2.74. The number of carbonyl (C=O) groups is 1. The van der Waals surface area contributed by atoms with Gasteiger partial charge in [-0.2, -0.15) is 5.10 Å². The van der Waals surface area contributed by atoms with Crippen LogP contribution >= 0.6 is 0 Å². The van der Waals surface area contributed by atoms with Crippen molar-refractivity contribution in [3.63, 3.8) is 0 Å². The summed E-state index contributed by atoms with van der Waals surface area (Å²) >= 11 is 0. The minimum atomic E-state index is -2.56. The molecule has 7 heteroatoms. The lowest BCUT2D eigenvalue weighted by atomic mass is 10.2. The van der Waals surface area contributed by atoms with Crippen LogP contribution in [0.25, 0.3) is 5.82 Å². The van der Waals surface area contributed by atoms with E-state index >= 15 is 0 Å². The monoisotopic (exact) mass is 281 g/mol. The number of hydrogen-bond acceptors (Lipinski definition) is 4. The fourth-order valence-electron chi connectivity index (χ4n) is 1.70. The van der Waals surface area contributed by atoms with Crippen molar-refractivity contribution in [3.05, 3.63) is 41.3 Å². The zero-order valence-electron chi connectivity index (χ0n) is 11.0. The SMILES string of the molecule is CCOC(=O)c1cnn(-c2ccc(C(F)F)cn2)c1C. The highest BCUT2D eigenvalue weighted by Crippen LogP contribution is 2.19. The first-order valence-electron chi connectivity index (χ1n) is 6.00. The molecule has 2 aromatic heterocycles. The van der Waals surface area contributed by atoms with Crippen LogP contribution in [0.4, 0.5) is 8.78 Å². The third-order valence-electron chi connectivity index (χ3n) is 2.74.